The Bertz CT molecular complexity index is 446. The lowest BCUT2D eigenvalue weighted by Gasteiger charge is -2.21. The number of amides is 1. The number of rotatable bonds is 8. The topological polar surface area (TPSA) is 64.3 Å². The highest BCUT2D eigenvalue weighted by atomic mass is 16.5. The summed E-state index contributed by atoms with van der Waals surface area (Å²) in [6, 6.07) is 7.76. The van der Waals surface area contributed by atoms with Gasteiger partial charge in [0.2, 0.25) is 5.91 Å². The summed E-state index contributed by atoms with van der Waals surface area (Å²) in [7, 11) is 0. The predicted octanol–water partition coefficient (Wildman–Crippen LogP) is 3.03. The van der Waals surface area contributed by atoms with Crippen LogP contribution in [-0.2, 0) is 4.79 Å². The van der Waals surface area contributed by atoms with Crippen LogP contribution in [0.4, 0.5) is 0 Å². The molecule has 0 aliphatic carbocycles. The third kappa shape index (κ3) is 5.76. The van der Waals surface area contributed by atoms with Crippen molar-refractivity contribution in [3.8, 4) is 5.75 Å². The molecule has 0 aromatic heterocycles. The number of nitrogens with one attached hydrogen (secondary N) is 1. The van der Waals surface area contributed by atoms with E-state index in [-0.39, 0.29) is 24.0 Å². The molecule has 0 radical (unpaired) electrons. The molecular formula is C17H28N2O2. The molecule has 4 heteroatoms. The first-order valence-corrected chi connectivity index (χ1v) is 7.71. The van der Waals surface area contributed by atoms with Crippen LogP contribution in [0, 0.1) is 5.92 Å². The van der Waals surface area contributed by atoms with E-state index in [9.17, 15) is 4.79 Å². The van der Waals surface area contributed by atoms with Gasteiger partial charge in [0.15, 0.2) is 0 Å². The van der Waals surface area contributed by atoms with Gasteiger partial charge in [-0.05, 0) is 46.2 Å². The van der Waals surface area contributed by atoms with Crippen LogP contribution in [0.1, 0.15) is 52.1 Å². The first-order valence-electron chi connectivity index (χ1n) is 7.71. The van der Waals surface area contributed by atoms with Gasteiger partial charge in [-0.2, -0.15) is 0 Å². The van der Waals surface area contributed by atoms with Crippen molar-refractivity contribution in [2.45, 2.75) is 52.7 Å². The number of hydrogen-bond donors (Lipinski definition) is 2. The molecule has 118 valence electrons. The molecule has 0 saturated heterocycles. The highest BCUT2D eigenvalue weighted by molar-refractivity contribution is 5.78. The number of para-hydroxylation sites is 1. The largest absolute Gasteiger partial charge is 0.491 e. The van der Waals surface area contributed by atoms with E-state index in [1.54, 1.807) is 0 Å². The monoisotopic (exact) mass is 292 g/mol. The van der Waals surface area contributed by atoms with Crippen molar-refractivity contribution in [2.24, 2.45) is 11.7 Å². The highest BCUT2D eigenvalue weighted by Crippen LogP contribution is 2.26. The quantitative estimate of drug-likeness (QED) is 0.774. The Morgan fingerprint density at radius 3 is 2.52 bits per heavy atom. The number of benzene rings is 1. The SMILES string of the molecule is CC(C)Oc1ccccc1C(C)NC(=O)C(C)CCCN. The van der Waals surface area contributed by atoms with Crippen LogP contribution < -0.4 is 15.8 Å². The van der Waals surface area contributed by atoms with E-state index in [0.29, 0.717) is 6.54 Å². The molecule has 4 nitrogen and oxygen atoms in total. The van der Waals surface area contributed by atoms with Gasteiger partial charge in [-0.25, -0.2) is 0 Å². The summed E-state index contributed by atoms with van der Waals surface area (Å²) < 4.78 is 5.81. The molecule has 0 spiro atoms. The molecule has 3 N–H and O–H groups in total. The summed E-state index contributed by atoms with van der Waals surface area (Å²) in [4.78, 5) is 12.2. The Balaban J connectivity index is 2.70. The van der Waals surface area contributed by atoms with Gasteiger partial charge in [-0.15, -0.1) is 0 Å². The molecule has 2 unspecified atom stereocenters. The summed E-state index contributed by atoms with van der Waals surface area (Å²) in [6.07, 6.45) is 1.80. The van der Waals surface area contributed by atoms with E-state index >= 15 is 0 Å². The van der Waals surface area contributed by atoms with Crippen molar-refractivity contribution in [2.75, 3.05) is 6.54 Å². The molecule has 0 saturated carbocycles. The maximum Gasteiger partial charge on any atom is 0.223 e. The molecule has 0 fully saturated rings. The fourth-order valence-corrected chi connectivity index (χ4v) is 2.19. The van der Waals surface area contributed by atoms with E-state index < -0.39 is 0 Å². The predicted molar refractivity (Wildman–Crippen MR) is 86.2 cm³/mol. The lowest BCUT2D eigenvalue weighted by Crippen LogP contribution is -2.32. The van der Waals surface area contributed by atoms with Crippen LogP contribution in [0.2, 0.25) is 0 Å². The Labute approximate surface area is 128 Å². The smallest absolute Gasteiger partial charge is 0.223 e. The number of carbonyl (C=O) groups excluding carboxylic acids is 1. The molecule has 21 heavy (non-hydrogen) atoms. The maximum atomic E-state index is 12.2. The minimum atomic E-state index is -0.0761. The highest BCUT2D eigenvalue weighted by Gasteiger charge is 2.18. The third-order valence-electron chi connectivity index (χ3n) is 3.40. The minimum Gasteiger partial charge on any atom is -0.491 e. The molecule has 1 amide bonds. The van der Waals surface area contributed by atoms with Crippen molar-refractivity contribution in [1.29, 1.82) is 0 Å². The van der Waals surface area contributed by atoms with Crippen molar-refractivity contribution in [3.05, 3.63) is 29.8 Å². The average molecular weight is 292 g/mol. The van der Waals surface area contributed by atoms with Crippen LogP contribution in [0.15, 0.2) is 24.3 Å². The number of ether oxygens (including phenoxy) is 1. The van der Waals surface area contributed by atoms with Gasteiger partial charge in [0, 0.05) is 11.5 Å². The zero-order chi connectivity index (χ0) is 15.8. The number of hydrogen-bond acceptors (Lipinski definition) is 3. The molecular weight excluding hydrogens is 264 g/mol. The molecule has 0 heterocycles. The fraction of sp³-hybridized carbons (Fsp3) is 0.588. The second kappa shape index (κ2) is 8.67. The fourth-order valence-electron chi connectivity index (χ4n) is 2.19. The number of carbonyl (C=O) groups is 1. The second-order valence-electron chi connectivity index (χ2n) is 5.77. The van der Waals surface area contributed by atoms with Gasteiger partial charge in [0.1, 0.15) is 5.75 Å². The van der Waals surface area contributed by atoms with E-state index in [2.05, 4.69) is 5.32 Å². The Morgan fingerprint density at radius 1 is 1.24 bits per heavy atom. The first kappa shape index (κ1) is 17.5. The molecule has 0 bridgehead atoms. The first-order chi connectivity index (χ1) is 9.95. The van der Waals surface area contributed by atoms with Gasteiger partial charge < -0.3 is 15.8 Å². The van der Waals surface area contributed by atoms with E-state index in [1.165, 1.54) is 0 Å². The molecule has 1 aromatic rings. The molecule has 1 rings (SSSR count). The van der Waals surface area contributed by atoms with Crippen molar-refractivity contribution < 1.29 is 9.53 Å². The van der Waals surface area contributed by atoms with Gasteiger partial charge >= 0.3 is 0 Å². The van der Waals surface area contributed by atoms with E-state index in [1.807, 2.05) is 52.0 Å². The number of nitrogens with two attached hydrogens (primary N) is 1. The van der Waals surface area contributed by atoms with Crippen molar-refractivity contribution in [1.82, 2.24) is 5.32 Å². The van der Waals surface area contributed by atoms with Gasteiger partial charge in [0.25, 0.3) is 0 Å². The van der Waals surface area contributed by atoms with Gasteiger partial charge in [0.05, 0.1) is 12.1 Å². The van der Waals surface area contributed by atoms with E-state index in [4.69, 9.17) is 10.5 Å². The molecule has 0 aliphatic rings. The second-order valence-corrected chi connectivity index (χ2v) is 5.77. The third-order valence-corrected chi connectivity index (χ3v) is 3.40. The summed E-state index contributed by atoms with van der Waals surface area (Å²) in [5, 5.41) is 3.06. The summed E-state index contributed by atoms with van der Waals surface area (Å²) in [5.41, 5.74) is 6.49. The van der Waals surface area contributed by atoms with Crippen LogP contribution >= 0.6 is 0 Å². The lowest BCUT2D eigenvalue weighted by molar-refractivity contribution is -0.125. The zero-order valence-corrected chi connectivity index (χ0v) is 13.6. The normalized spacial score (nSPS) is 13.8. The van der Waals surface area contributed by atoms with Crippen LogP contribution in [0.25, 0.3) is 0 Å². The Kier molecular flexibility index (Phi) is 7.23. The lowest BCUT2D eigenvalue weighted by atomic mass is 10.0. The average Bonchev–Trinajstić information content (AvgIpc) is 2.44. The Hall–Kier alpha value is -1.55. The Morgan fingerprint density at radius 2 is 1.90 bits per heavy atom. The van der Waals surface area contributed by atoms with Crippen molar-refractivity contribution >= 4 is 5.91 Å². The summed E-state index contributed by atoms with van der Waals surface area (Å²) in [5.74, 6) is 0.874. The van der Waals surface area contributed by atoms with Crippen LogP contribution in [0.5, 0.6) is 5.75 Å². The maximum absolute atomic E-state index is 12.2. The summed E-state index contributed by atoms with van der Waals surface area (Å²) in [6.45, 7) is 8.53. The zero-order valence-electron chi connectivity index (χ0n) is 13.6. The summed E-state index contributed by atoms with van der Waals surface area (Å²) >= 11 is 0. The standard InChI is InChI=1S/C17H28N2O2/c1-12(2)21-16-10-6-5-9-15(16)14(4)19-17(20)13(3)8-7-11-18/h5-6,9-10,12-14H,7-8,11,18H2,1-4H3,(H,19,20). The van der Waals surface area contributed by atoms with Gasteiger partial charge in [-0.3, -0.25) is 4.79 Å². The molecule has 0 aliphatic heterocycles. The van der Waals surface area contributed by atoms with E-state index in [0.717, 1.165) is 24.2 Å². The van der Waals surface area contributed by atoms with Crippen LogP contribution in [-0.4, -0.2) is 18.6 Å². The van der Waals surface area contributed by atoms with Crippen LogP contribution in [0.3, 0.4) is 0 Å². The molecule has 2 atom stereocenters. The van der Waals surface area contributed by atoms with Gasteiger partial charge in [-0.1, -0.05) is 25.1 Å². The van der Waals surface area contributed by atoms with Crippen molar-refractivity contribution in [3.63, 3.8) is 0 Å². The molecule has 1 aromatic carbocycles. The minimum absolute atomic E-state index is 0.0193.